The molecule has 3 rings (SSSR count). The molecule has 7 nitrogen and oxygen atoms in total. The van der Waals surface area contributed by atoms with Gasteiger partial charge < -0.3 is 24.4 Å². The molecule has 2 amide bonds. The molecular formula is C25H32N2O5. The summed E-state index contributed by atoms with van der Waals surface area (Å²) in [6, 6.07) is 13.4. The van der Waals surface area contributed by atoms with Crippen LogP contribution in [-0.4, -0.2) is 57.7 Å². The molecule has 1 saturated heterocycles. The molecule has 1 aliphatic heterocycles. The lowest BCUT2D eigenvalue weighted by Crippen LogP contribution is -2.36. The summed E-state index contributed by atoms with van der Waals surface area (Å²) >= 11 is 0. The molecule has 1 heterocycles. The Hall–Kier alpha value is -3.22. The standard InChI is InChI=1S/C25H32N2O5/c1-5-11-26-25(29)20-16-27(23(28)12-17-9-7-6-8-10-17)15-19(20)18-13-21(30-2)24(32-4)22(14-18)31-3/h6-10,13-14,19-20H,5,11-12,15-16H2,1-4H3,(H,26,29)/t19-,20-/m1/s1. The molecule has 1 aliphatic rings. The van der Waals surface area contributed by atoms with Gasteiger partial charge in [-0.05, 0) is 29.7 Å². The molecule has 0 saturated carbocycles. The zero-order valence-electron chi connectivity index (χ0n) is 19.2. The van der Waals surface area contributed by atoms with E-state index in [1.807, 2.05) is 49.4 Å². The molecule has 1 fully saturated rings. The lowest BCUT2D eigenvalue weighted by Gasteiger charge is -2.21. The third-order valence-electron chi connectivity index (χ3n) is 5.87. The lowest BCUT2D eigenvalue weighted by atomic mass is 9.88. The Kier molecular flexibility index (Phi) is 7.98. The third-order valence-corrected chi connectivity index (χ3v) is 5.87. The molecule has 172 valence electrons. The first-order chi connectivity index (χ1) is 15.5. The number of amides is 2. The van der Waals surface area contributed by atoms with Crippen LogP contribution in [0.2, 0.25) is 0 Å². The molecule has 32 heavy (non-hydrogen) atoms. The fourth-order valence-corrected chi connectivity index (χ4v) is 4.19. The number of nitrogens with zero attached hydrogens (tertiary/aromatic N) is 1. The number of carbonyl (C=O) groups excluding carboxylic acids is 2. The van der Waals surface area contributed by atoms with Crippen molar-refractivity contribution in [3.8, 4) is 17.2 Å². The Morgan fingerprint density at radius 2 is 1.66 bits per heavy atom. The predicted molar refractivity (Wildman–Crippen MR) is 122 cm³/mol. The van der Waals surface area contributed by atoms with Gasteiger partial charge in [0.05, 0.1) is 33.7 Å². The van der Waals surface area contributed by atoms with Gasteiger partial charge in [0.1, 0.15) is 0 Å². The van der Waals surface area contributed by atoms with Crippen LogP contribution in [-0.2, 0) is 16.0 Å². The fraction of sp³-hybridized carbons (Fsp3) is 0.440. The molecule has 7 heteroatoms. The molecule has 0 aromatic heterocycles. The van der Waals surface area contributed by atoms with Gasteiger partial charge in [-0.2, -0.15) is 0 Å². The van der Waals surface area contributed by atoms with Crippen molar-refractivity contribution in [2.24, 2.45) is 5.92 Å². The summed E-state index contributed by atoms with van der Waals surface area (Å²) in [6.45, 7) is 3.45. The van der Waals surface area contributed by atoms with E-state index >= 15 is 0 Å². The van der Waals surface area contributed by atoms with Gasteiger partial charge in [-0.1, -0.05) is 37.3 Å². The fourth-order valence-electron chi connectivity index (χ4n) is 4.19. The monoisotopic (exact) mass is 440 g/mol. The Bertz CT molecular complexity index is 906. The highest BCUT2D eigenvalue weighted by Gasteiger charge is 2.40. The first-order valence-corrected chi connectivity index (χ1v) is 10.9. The molecule has 2 atom stereocenters. The Morgan fingerprint density at radius 1 is 1.00 bits per heavy atom. The van der Waals surface area contributed by atoms with E-state index in [1.54, 1.807) is 26.2 Å². The summed E-state index contributed by atoms with van der Waals surface area (Å²) in [4.78, 5) is 27.8. The first kappa shape index (κ1) is 23.4. The van der Waals surface area contributed by atoms with Gasteiger partial charge in [0.15, 0.2) is 11.5 Å². The molecule has 0 unspecified atom stereocenters. The second-order valence-corrected chi connectivity index (χ2v) is 7.92. The normalized spacial score (nSPS) is 17.7. The number of nitrogens with one attached hydrogen (secondary N) is 1. The summed E-state index contributed by atoms with van der Waals surface area (Å²) < 4.78 is 16.4. The van der Waals surface area contributed by atoms with Gasteiger partial charge in [-0.25, -0.2) is 0 Å². The highest BCUT2D eigenvalue weighted by molar-refractivity contribution is 5.84. The zero-order valence-corrected chi connectivity index (χ0v) is 19.2. The second-order valence-electron chi connectivity index (χ2n) is 7.92. The number of rotatable bonds is 9. The smallest absolute Gasteiger partial charge is 0.227 e. The first-order valence-electron chi connectivity index (χ1n) is 10.9. The molecule has 0 spiro atoms. The molecule has 2 aromatic carbocycles. The van der Waals surface area contributed by atoms with Gasteiger partial charge in [0, 0.05) is 25.6 Å². The van der Waals surface area contributed by atoms with E-state index in [0.29, 0.717) is 43.3 Å². The zero-order chi connectivity index (χ0) is 23.1. The van der Waals surface area contributed by atoms with Gasteiger partial charge in [0.25, 0.3) is 0 Å². The lowest BCUT2D eigenvalue weighted by molar-refractivity contribution is -0.130. The largest absolute Gasteiger partial charge is 0.493 e. The van der Waals surface area contributed by atoms with Crippen LogP contribution in [0.3, 0.4) is 0 Å². The van der Waals surface area contributed by atoms with Crippen LogP contribution in [0.4, 0.5) is 0 Å². The maximum Gasteiger partial charge on any atom is 0.227 e. The van der Waals surface area contributed by atoms with Gasteiger partial charge in [-0.3, -0.25) is 9.59 Å². The minimum Gasteiger partial charge on any atom is -0.493 e. The average Bonchev–Trinajstić information content (AvgIpc) is 3.28. The maximum absolute atomic E-state index is 13.0. The van der Waals surface area contributed by atoms with E-state index in [1.165, 1.54) is 0 Å². The molecule has 0 aliphatic carbocycles. The number of carbonyl (C=O) groups is 2. The number of methoxy groups -OCH3 is 3. The van der Waals surface area contributed by atoms with E-state index in [0.717, 1.165) is 17.5 Å². The highest BCUT2D eigenvalue weighted by atomic mass is 16.5. The van der Waals surface area contributed by atoms with E-state index < -0.39 is 0 Å². The number of hydrogen-bond acceptors (Lipinski definition) is 5. The van der Waals surface area contributed by atoms with Crippen molar-refractivity contribution in [2.45, 2.75) is 25.7 Å². The van der Waals surface area contributed by atoms with Crippen molar-refractivity contribution in [3.63, 3.8) is 0 Å². The van der Waals surface area contributed by atoms with Gasteiger partial charge in [0.2, 0.25) is 17.6 Å². The third kappa shape index (κ3) is 5.15. The van der Waals surface area contributed by atoms with Crippen molar-refractivity contribution < 1.29 is 23.8 Å². The van der Waals surface area contributed by atoms with Crippen molar-refractivity contribution in [3.05, 3.63) is 53.6 Å². The Morgan fingerprint density at radius 3 is 2.22 bits per heavy atom. The van der Waals surface area contributed by atoms with Crippen molar-refractivity contribution in [2.75, 3.05) is 41.0 Å². The summed E-state index contributed by atoms with van der Waals surface area (Å²) in [6.07, 6.45) is 1.16. The number of ether oxygens (including phenoxy) is 3. The summed E-state index contributed by atoms with van der Waals surface area (Å²) in [5, 5.41) is 3.00. The van der Waals surface area contributed by atoms with Gasteiger partial charge >= 0.3 is 0 Å². The summed E-state index contributed by atoms with van der Waals surface area (Å²) in [7, 11) is 4.69. The predicted octanol–water partition coefficient (Wildman–Crippen LogP) is 3.02. The Labute approximate surface area is 189 Å². The highest BCUT2D eigenvalue weighted by Crippen LogP contribution is 2.43. The van der Waals surface area contributed by atoms with E-state index in [-0.39, 0.29) is 23.7 Å². The number of hydrogen-bond donors (Lipinski definition) is 1. The van der Waals surface area contributed by atoms with E-state index in [2.05, 4.69) is 5.32 Å². The minimum absolute atomic E-state index is 0.0134. The van der Waals surface area contributed by atoms with Crippen molar-refractivity contribution in [1.82, 2.24) is 10.2 Å². The van der Waals surface area contributed by atoms with Crippen LogP contribution in [0, 0.1) is 5.92 Å². The van der Waals surface area contributed by atoms with Crippen molar-refractivity contribution >= 4 is 11.8 Å². The number of benzene rings is 2. The molecule has 0 radical (unpaired) electrons. The molecule has 1 N–H and O–H groups in total. The summed E-state index contributed by atoms with van der Waals surface area (Å²) in [5.74, 6) is 0.998. The van der Waals surface area contributed by atoms with Crippen LogP contribution >= 0.6 is 0 Å². The number of likely N-dealkylation sites (tertiary alicyclic amines) is 1. The molecule has 2 aromatic rings. The van der Waals surface area contributed by atoms with E-state index in [9.17, 15) is 9.59 Å². The van der Waals surface area contributed by atoms with Crippen LogP contribution in [0.25, 0.3) is 0 Å². The van der Waals surface area contributed by atoms with Crippen LogP contribution in [0.15, 0.2) is 42.5 Å². The van der Waals surface area contributed by atoms with Crippen LogP contribution in [0.1, 0.15) is 30.4 Å². The molecular weight excluding hydrogens is 408 g/mol. The minimum atomic E-state index is -0.357. The average molecular weight is 441 g/mol. The van der Waals surface area contributed by atoms with Gasteiger partial charge in [-0.15, -0.1) is 0 Å². The van der Waals surface area contributed by atoms with Crippen LogP contribution in [0.5, 0.6) is 17.2 Å². The second kappa shape index (κ2) is 10.9. The topological polar surface area (TPSA) is 77.1 Å². The Balaban J connectivity index is 1.90. The quantitative estimate of drug-likeness (QED) is 0.649. The van der Waals surface area contributed by atoms with Crippen LogP contribution < -0.4 is 19.5 Å². The maximum atomic E-state index is 13.0. The van der Waals surface area contributed by atoms with E-state index in [4.69, 9.17) is 14.2 Å². The van der Waals surface area contributed by atoms with Crippen molar-refractivity contribution in [1.29, 1.82) is 0 Å². The summed E-state index contributed by atoms with van der Waals surface area (Å²) in [5.41, 5.74) is 1.84. The SMILES string of the molecule is CCCNC(=O)[C@@H]1CN(C(=O)Cc2ccccc2)C[C@@H]1c1cc(OC)c(OC)c(OC)c1. The molecule has 0 bridgehead atoms.